The number of carbonyl (C=O) groups excluding carboxylic acids is 1. The van der Waals surface area contributed by atoms with E-state index in [0.717, 1.165) is 37.3 Å². The summed E-state index contributed by atoms with van der Waals surface area (Å²) in [7, 11) is 1.56. The molecule has 0 saturated carbocycles. The Morgan fingerprint density at radius 1 is 1.11 bits per heavy atom. The molecule has 1 aromatic carbocycles. The van der Waals surface area contributed by atoms with Gasteiger partial charge in [0.1, 0.15) is 5.69 Å². The molecule has 7 nitrogen and oxygen atoms in total. The Labute approximate surface area is 158 Å². The van der Waals surface area contributed by atoms with E-state index in [2.05, 4.69) is 15.3 Å². The van der Waals surface area contributed by atoms with Crippen LogP contribution < -0.4 is 15.8 Å². The predicted molar refractivity (Wildman–Crippen MR) is 105 cm³/mol. The number of ether oxygens (including phenoxy) is 1. The molecular formula is C20H26N4O3. The average molecular weight is 370 g/mol. The molecule has 0 atom stereocenters. The van der Waals surface area contributed by atoms with Crippen molar-refractivity contribution in [2.75, 3.05) is 37.0 Å². The van der Waals surface area contributed by atoms with Crippen molar-refractivity contribution >= 4 is 17.3 Å². The Morgan fingerprint density at radius 2 is 1.85 bits per heavy atom. The Balaban J connectivity index is 1.79. The summed E-state index contributed by atoms with van der Waals surface area (Å²) < 4.78 is 6.23. The number of hydrogen-bond acceptors (Lipinski definition) is 5. The van der Waals surface area contributed by atoms with Gasteiger partial charge in [0.05, 0.1) is 24.5 Å². The minimum atomic E-state index is -0.330. The van der Waals surface area contributed by atoms with Gasteiger partial charge in [-0.05, 0) is 31.0 Å². The lowest BCUT2D eigenvalue weighted by atomic mass is 10.2. The monoisotopic (exact) mass is 370 g/mol. The van der Waals surface area contributed by atoms with Gasteiger partial charge in [-0.3, -0.25) is 9.59 Å². The van der Waals surface area contributed by atoms with E-state index >= 15 is 0 Å². The molecule has 3 rings (SSSR count). The fourth-order valence-corrected chi connectivity index (χ4v) is 3.26. The Hall–Kier alpha value is -2.67. The number of methoxy groups -OCH3 is 1. The average Bonchev–Trinajstić information content (AvgIpc) is 2.97. The second-order valence-corrected chi connectivity index (χ2v) is 6.65. The van der Waals surface area contributed by atoms with Crippen LogP contribution in [0.15, 0.2) is 41.2 Å². The molecule has 2 aromatic rings. The van der Waals surface area contributed by atoms with Crippen molar-refractivity contribution in [2.45, 2.75) is 32.2 Å². The van der Waals surface area contributed by atoms with Gasteiger partial charge in [-0.1, -0.05) is 25.0 Å². The van der Waals surface area contributed by atoms with Crippen molar-refractivity contribution in [2.24, 2.45) is 0 Å². The maximum atomic E-state index is 12.7. The zero-order valence-electron chi connectivity index (χ0n) is 15.7. The third-order valence-electron chi connectivity index (χ3n) is 4.71. The number of rotatable bonds is 6. The van der Waals surface area contributed by atoms with Crippen molar-refractivity contribution in [1.29, 1.82) is 0 Å². The van der Waals surface area contributed by atoms with Crippen LogP contribution in [0.4, 0.5) is 11.4 Å². The molecule has 1 aliphatic heterocycles. The summed E-state index contributed by atoms with van der Waals surface area (Å²) in [5, 5.41) is 7.12. The van der Waals surface area contributed by atoms with Crippen LogP contribution in [-0.4, -0.2) is 42.5 Å². The number of nitrogens with zero attached hydrogens (tertiary/aromatic N) is 3. The van der Waals surface area contributed by atoms with Gasteiger partial charge in [0.2, 0.25) is 0 Å². The van der Waals surface area contributed by atoms with Crippen LogP contribution in [0.2, 0.25) is 0 Å². The molecule has 0 radical (unpaired) electrons. The van der Waals surface area contributed by atoms with Gasteiger partial charge in [-0.2, -0.15) is 5.10 Å². The highest BCUT2D eigenvalue weighted by atomic mass is 16.5. The van der Waals surface area contributed by atoms with Crippen LogP contribution in [-0.2, 0) is 11.3 Å². The lowest BCUT2D eigenvalue weighted by Gasteiger charge is -2.25. The van der Waals surface area contributed by atoms with Gasteiger partial charge >= 0.3 is 0 Å². The van der Waals surface area contributed by atoms with Crippen LogP contribution in [0.3, 0.4) is 0 Å². The topological polar surface area (TPSA) is 76.5 Å². The number of para-hydroxylation sites is 2. The number of aromatic nitrogens is 2. The summed E-state index contributed by atoms with van der Waals surface area (Å²) in [6.07, 6.45) is 4.82. The largest absolute Gasteiger partial charge is 0.383 e. The Bertz CT molecular complexity index is 826. The molecule has 1 aromatic heterocycles. The number of nitrogens with one attached hydrogen (secondary N) is 1. The van der Waals surface area contributed by atoms with Gasteiger partial charge in [0.25, 0.3) is 11.5 Å². The third-order valence-corrected chi connectivity index (χ3v) is 4.71. The number of hydrogen-bond donors (Lipinski definition) is 1. The molecule has 0 spiro atoms. The van der Waals surface area contributed by atoms with Crippen LogP contribution in [0.5, 0.6) is 0 Å². The molecule has 7 heteroatoms. The fraction of sp³-hybridized carbons (Fsp3) is 0.450. The molecule has 1 fully saturated rings. The van der Waals surface area contributed by atoms with Crippen LogP contribution in [0.1, 0.15) is 36.2 Å². The molecule has 0 unspecified atom stereocenters. The van der Waals surface area contributed by atoms with Crippen molar-refractivity contribution < 1.29 is 9.53 Å². The molecule has 0 bridgehead atoms. The molecule has 0 aliphatic carbocycles. The molecular weight excluding hydrogens is 344 g/mol. The van der Waals surface area contributed by atoms with E-state index in [0.29, 0.717) is 13.2 Å². The van der Waals surface area contributed by atoms with E-state index in [9.17, 15) is 9.59 Å². The predicted octanol–water partition coefficient (Wildman–Crippen LogP) is 2.52. The maximum Gasteiger partial charge on any atom is 0.276 e. The molecule has 144 valence electrons. The standard InChI is InChI=1S/C20H26N4O3/c1-27-15-14-24-19(25)11-10-17(22-24)20(26)21-16-8-4-5-9-18(16)23-12-6-2-3-7-13-23/h4-5,8-11H,2-3,6-7,12-15H2,1H3,(H,21,26). The smallest absolute Gasteiger partial charge is 0.276 e. The minimum Gasteiger partial charge on any atom is -0.383 e. The zero-order valence-corrected chi connectivity index (χ0v) is 15.7. The van der Waals surface area contributed by atoms with E-state index in [-0.39, 0.29) is 17.2 Å². The van der Waals surface area contributed by atoms with Gasteiger partial charge in [0, 0.05) is 26.3 Å². The van der Waals surface area contributed by atoms with Crippen LogP contribution >= 0.6 is 0 Å². The Morgan fingerprint density at radius 3 is 2.59 bits per heavy atom. The van der Waals surface area contributed by atoms with Gasteiger partial charge in [0.15, 0.2) is 0 Å². The molecule has 1 amide bonds. The van der Waals surface area contributed by atoms with Crippen molar-refractivity contribution in [1.82, 2.24) is 9.78 Å². The molecule has 1 N–H and O–H groups in total. The SMILES string of the molecule is COCCn1nc(C(=O)Nc2ccccc2N2CCCCCC2)ccc1=O. The highest BCUT2D eigenvalue weighted by Gasteiger charge is 2.16. The number of benzene rings is 1. The number of carbonyl (C=O) groups is 1. The quantitative estimate of drug-likeness (QED) is 0.846. The van der Waals surface area contributed by atoms with E-state index < -0.39 is 0 Å². The molecule has 2 heterocycles. The highest BCUT2D eigenvalue weighted by molar-refractivity contribution is 6.04. The van der Waals surface area contributed by atoms with E-state index in [1.165, 1.54) is 29.7 Å². The summed E-state index contributed by atoms with van der Waals surface area (Å²) in [6.45, 7) is 2.65. The van der Waals surface area contributed by atoms with Crippen molar-refractivity contribution in [3.05, 3.63) is 52.4 Å². The molecule has 1 aliphatic rings. The second kappa shape index (κ2) is 9.32. The first-order valence-corrected chi connectivity index (χ1v) is 9.41. The first-order valence-electron chi connectivity index (χ1n) is 9.41. The lowest BCUT2D eigenvalue weighted by Crippen LogP contribution is -2.28. The van der Waals surface area contributed by atoms with Crippen LogP contribution in [0, 0.1) is 0 Å². The number of anilines is 2. The minimum absolute atomic E-state index is 0.205. The second-order valence-electron chi connectivity index (χ2n) is 6.65. The number of amides is 1. The summed E-state index contributed by atoms with van der Waals surface area (Å²) in [5.41, 5.74) is 1.74. The van der Waals surface area contributed by atoms with E-state index in [1.54, 1.807) is 7.11 Å². The first kappa shape index (κ1) is 19.1. The molecule has 27 heavy (non-hydrogen) atoms. The highest BCUT2D eigenvalue weighted by Crippen LogP contribution is 2.28. The lowest BCUT2D eigenvalue weighted by molar-refractivity contribution is 0.101. The summed E-state index contributed by atoms with van der Waals surface area (Å²) >= 11 is 0. The normalized spacial score (nSPS) is 14.6. The zero-order chi connectivity index (χ0) is 19.1. The maximum absolute atomic E-state index is 12.7. The van der Waals surface area contributed by atoms with Gasteiger partial charge in [-0.25, -0.2) is 4.68 Å². The van der Waals surface area contributed by atoms with Gasteiger partial charge < -0.3 is 15.0 Å². The van der Waals surface area contributed by atoms with Gasteiger partial charge in [-0.15, -0.1) is 0 Å². The van der Waals surface area contributed by atoms with E-state index in [1.807, 2.05) is 24.3 Å². The van der Waals surface area contributed by atoms with Crippen molar-refractivity contribution in [3.63, 3.8) is 0 Å². The molecule has 1 saturated heterocycles. The summed E-state index contributed by atoms with van der Waals surface area (Å²) in [4.78, 5) is 26.9. The summed E-state index contributed by atoms with van der Waals surface area (Å²) in [6, 6.07) is 10.6. The fourth-order valence-electron chi connectivity index (χ4n) is 3.26. The summed E-state index contributed by atoms with van der Waals surface area (Å²) in [5.74, 6) is -0.330. The van der Waals surface area contributed by atoms with Crippen molar-refractivity contribution in [3.8, 4) is 0 Å². The van der Waals surface area contributed by atoms with E-state index in [4.69, 9.17) is 4.74 Å². The third kappa shape index (κ3) is 4.95. The first-order chi connectivity index (χ1) is 13.2. The van der Waals surface area contributed by atoms with Crippen LogP contribution in [0.25, 0.3) is 0 Å². The Kier molecular flexibility index (Phi) is 6.59.